The van der Waals surface area contributed by atoms with Crippen LogP contribution in [0, 0.1) is 13.8 Å². The number of rotatable bonds is 3. The third-order valence-corrected chi connectivity index (χ3v) is 3.96. The zero-order valence-electron chi connectivity index (χ0n) is 14.0. The van der Waals surface area contributed by atoms with Crippen molar-refractivity contribution in [3.8, 4) is 11.6 Å². The molecule has 0 bridgehead atoms. The number of aryl methyl sites for hydroxylation is 3. The van der Waals surface area contributed by atoms with Gasteiger partial charge >= 0.3 is 0 Å². The summed E-state index contributed by atoms with van der Waals surface area (Å²) in [6.07, 6.45) is 0.735. The molecule has 4 rings (SSSR count). The minimum absolute atomic E-state index is 0.470. The van der Waals surface area contributed by atoms with E-state index in [0.29, 0.717) is 11.5 Å². The molecule has 24 heavy (non-hydrogen) atoms. The SMILES string of the molecule is CCc1nc(Oc2cc(C)cc(C)c2)c2oc3ccccc3c2n1. The van der Waals surface area contributed by atoms with Crippen molar-refractivity contribution < 1.29 is 9.15 Å². The van der Waals surface area contributed by atoms with E-state index in [1.54, 1.807) is 0 Å². The van der Waals surface area contributed by atoms with Crippen LogP contribution in [-0.2, 0) is 6.42 Å². The lowest BCUT2D eigenvalue weighted by molar-refractivity contribution is 0.453. The average Bonchev–Trinajstić information content (AvgIpc) is 2.93. The van der Waals surface area contributed by atoms with E-state index in [4.69, 9.17) is 9.15 Å². The predicted molar refractivity (Wildman–Crippen MR) is 94.7 cm³/mol. The van der Waals surface area contributed by atoms with Crippen molar-refractivity contribution in [1.29, 1.82) is 0 Å². The molecule has 2 aromatic carbocycles. The zero-order valence-corrected chi connectivity index (χ0v) is 14.0. The predicted octanol–water partition coefficient (Wildman–Crippen LogP) is 5.35. The molecular weight excluding hydrogens is 300 g/mol. The summed E-state index contributed by atoms with van der Waals surface area (Å²) >= 11 is 0. The average molecular weight is 318 g/mol. The molecule has 120 valence electrons. The molecule has 4 heteroatoms. The highest BCUT2D eigenvalue weighted by molar-refractivity contribution is 6.03. The van der Waals surface area contributed by atoms with Gasteiger partial charge in [-0.2, -0.15) is 4.98 Å². The first kappa shape index (κ1) is 14.7. The summed E-state index contributed by atoms with van der Waals surface area (Å²) in [4.78, 5) is 9.18. The molecule has 0 radical (unpaired) electrons. The molecule has 2 aromatic heterocycles. The van der Waals surface area contributed by atoms with Gasteiger partial charge in [0.2, 0.25) is 5.58 Å². The first-order chi connectivity index (χ1) is 11.6. The van der Waals surface area contributed by atoms with E-state index in [2.05, 4.69) is 16.0 Å². The lowest BCUT2D eigenvalue weighted by atomic mass is 10.1. The molecule has 0 atom stereocenters. The summed E-state index contributed by atoms with van der Waals surface area (Å²) in [5, 5.41) is 0.981. The van der Waals surface area contributed by atoms with Crippen LogP contribution < -0.4 is 4.74 Å². The minimum Gasteiger partial charge on any atom is -0.449 e. The molecule has 0 aliphatic carbocycles. The summed E-state index contributed by atoms with van der Waals surface area (Å²) < 4.78 is 12.0. The molecule has 0 saturated carbocycles. The van der Waals surface area contributed by atoms with Gasteiger partial charge in [-0.15, -0.1) is 0 Å². The number of benzene rings is 2. The molecule has 0 aliphatic rings. The molecule has 0 saturated heterocycles. The highest BCUT2D eigenvalue weighted by atomic mass is 16.5. The fraction of sp³-hybridized carbons (Fsp3) is 0.200. The Morgan fingerprint density at radius 2 is 1.75 bits per heavy atom. The van der Waals surface area contributed by atoms with E-state index in [9.17, 15) is 0 Å². The Morgan fingerprint density at radius 1 is 1.00 bits per heavy atom. The van der Waals surface area contributed by atoms with Crippen LogP contribution in [0.15, 0.2) is 46.9 Å². The highest BCUT2D eigenvalue weighted by Gasteiger charge is 2.17. The number of para-hydroxylation sites is 1. The Hall–Kier alpha value is -2.88. The molecular formula is C20H18N2O2. The Morgan fingerprint density at radius 3 is 2.50 bits per heavy atom. The van der Waals surface area contributed by atoms with E-state index in [1.807, 2.05) is 57.2 Å². The lowest BCUT2D eigenvalue weighted by Crippen LogP contribution is -1.97. The van der Waals surface area contributed by atoms with Crippen LogP contribution in [0.25, 0.3) is 22.1 Å². The number of ether oxygens (including phenoxy) is 1. The summed E-state index contributed by atoms with van der Waals surface area (Å²) in [5.41, 5.74) is 4.48. The highest BCUT2D eigenvalue weighted by Crippen LogP contribution is 2.34. The van der Waals surface area contributed by atoms with E-state index in [0.717, 1.165) is 45.6 Å². The maximum atomic E-state index is 6.08. The zero-order chi connectivity index (χ0) is 16.7. The van der Waals surface area contributed by atoms with E-state index in [-0.39, 0.29) is 0 Å². The quantitative estimate of drug-likeness (QED) is 0.511. The van der Waals surface area contributed by atoms with Crippen molar-refractivity contribution in [1.82, 2.24) is 9.97 Å². The second-order valence-electron chi connectivity index (χ2n) is 6.00. The normalized spacial score (nSPS) is 11.3. The van der Waals surface area contributed by atoms with Gasteiger partial charge in [0.25, 0.3) is 5.88 Å². The number of furan rings is 1. The lowest BCUT2D eigenvalue weighted by Gasteiger charge is -2.08. The Bertz CT molecular complexity index is 1030. The number of hydrogen-bond acceptors (Lipinski definition) is 4. The van der Waals surface area contributed by atoms with Gasteiger partial charge in [-0.05, 0) is 49.2 Å². The van der Waals surface area contributed by atoms with E-state index < -0.39 is 0 Å². The standard InChI is InChI=1S/C20H18N2O2/c1-4-17-21-18-15-7-5-6-8-16(15)24-19(18)20(22-17)23-14-10-12(2)9-13(3)11-14/h5-11H,4H2,1-3H3. The van der Waals surface area contributed by atoms with Gasteiger partial charge in [-0.3, -0.25) is 0 Å². The summed E-state index contributed by atoms with van der Waals surface area (Å²) in [5.74, 6) is 1.97. The van der Waals surface area contributed by atoms with Gasteiger partial charge in [-0.25, -0.2) is 4.98 Å². The maximum absolute atomic E-state index is 6.08. The van der Waals surface area contributed by atoms with Crippen LogP contribution in [0.3, 0.4) is 0 Å². The van der Waals surface area contributed by atoms with Gasteiger partial charge in [-0.1, -0.05) is 25.1 Å². The molecule has 0 unspecified atom stereocenters. The second kappa shape index (κ2) is 5.64. The maximum Gasteiger partial charge on any atom is 0.267 e. The van der Waals surface area contributed by atoms with Crippen molar-refractivity contribution in [3.05, 3.63) is 59.4 Å². The fourth-order valence-electron chi connectivity index (χ4n) is 2.94. The van der Waals surface area contributed by atoms with Crippen molar-refractivity contribution >= 4 is 22.1 Å². The van der Waals surface area contributed by atoms with Crippen molar-refractivity contribution in [2.45, 2.75) is 27.2 Å². The number of hydrogen-bond donors (Lipinski definition) is 0. The van der Waals surface area contributed by atoms with Crippen molar-refractivity contribution in [2.24, 2.45) is 0 Å². The van der Waals surface area contributed by atoms with Gasteiger partial charge < -0.3 is 9.15 Å². The molecule has 0 aliphatic heterocycles. The third kappa shape index (κ3) is 2.50. The summed E-state index contributed by atoms with van der Waals surface area (Å²) in [6, 6.07) is 14.0. The Kier molecular flexibility index (Phi) is 3.45. The van der Waals surface area contributed by atoms with Gasteiger partial charge in [0.05, 0.1) is 0 Å². The Balaban J connectivity index is 1.93. The van der Waals surface area contributed by atoms with Gasteiger partial charge in [0, 0.05) is 11.8 Å². The second-order valence-corrected chi connectivity index (χ2v) is 6.00. The van der Waals surface area contributed by atoms with Crippen LogP contribution in [0.2, 0.25) is 0 Å². The largest absolute Gasteiger partial charge is 0.449 e. The van der Waals surface area contributed by atoms with E-state index >= 15 is 0 Å². The summed E-state index contributed by atoms with van der Waals surface area (Å²) in [6.45, 7) is 6.13. The molecule has 0 spiro atoms. The monoisotopic (exact) mass is 318 g/mol. The molecule has 0 amide bonds. The van der Waals surface area contributed by atoms with Crippen LogP contribution in [0.1, 0.15) is 23.9 Å². The number of nitrogens with zero attached hydrogens (tertiary/aromatic N) is 2. The van der Waals surface area contributed by atoms with Crippen molar-refractivity contribution in [2.75, 3.05) is 0 Å². The van der Waals surface area contributed by atoms with Crippen LogP contribution in [0.5, 0.6) is 11.6 Å². The van der Waals surface area contributed by atoms with Crippen LogP contribution >= 0.6 is 0 Å². The summed E-state index contributed by atoms with van der Waals surface area (Å²) in [7, 11) is 0. The van der Waals surface area contributed by atoms with E-state index in [1.165, 1.54) is 0 Å². The minimum atomic E-state index is 0.470. The Labute approximate surface area is 140 Å². The molecule has 2 heterocycles. The van der Waals surface area contributed by atoms with Gasteiger partial charge in [0.15, 0.2) is 0 Å². The number of aromatic nitrogens is 2. The van der Waals surface area contributed by atoms with Gasteiger partial charge in [0.1, 0.15) is 22.7 Å². The van der Waals surface area contributed by atoms with Crippen molar-refractivity contribution in [3.63, 3.8) is 0 Å². The molecule has 4 nitrogen and oxygen atoms in total. The topological polar surface area (TPSA) is 48.2 Å². The first-order valence-corrected chi connectivity index (χ1v) is 8.08. The molecule has 4 aromatic rings. The fourth-order valence-corrected chi connectivity index (χ4v) is 2.94. The van der Waals surface area contributed by atoms with Crippen LogP contribution in [0.4, 0.5) is 0 Å². The molecule has 0 N–H and O–H groups in total. The van der Waals surface area contributed by atoms with Crippen LogP contribution in [-0.4, -0.2) is 9.97 Å². The third-order valence-electron chi connectivity index (χ3n) is 3.96. The molecule has 0 fully saturated rings. The number of fused-ring (bicyclic) bond motifs is 3. The smallest absolute Gasteiger partial charge is 0.267 e. The first-order valence-electron chi connectivity index (χ1n) is 8.08.